The van der Waals surface area contributed by atoms with Gasteiger partial charge in [-0.2, -0.15) is 0 Å². The molecule has 0 aliphatic rings. The Hall–Kier alpha value is -2.87. The topological polar surface area (TPSA) is 78.2 Å². The summed E-state index contributed by atoms with van der Waals surface area (Å²) in [4.78, 5) is 28.7. The van der Waals surface area contributed by atoms with E-state index in [0.29, 0.717) is 5.82 Å². The third-order valence-electron chi connectivity index (χ3n) is 4.15. The summed E-state index contributed by atoms with van der Waals surface area (Å²) in [6, 6.07) is 7.03. The SMILES string of the molecule is COc1ccc(C(NC(=O)Cn2c(C)csc2=O)c2nccn2C)cc1. The summed E-state index contributed by atoms with van der Waals surface area (Å²) < 4.78 is 8.52. The number of benzene rings is 1. The highest BCUT2D eigenvalue weighted by atomic mass is 32.1. The maximum Gasteiger partial charge on any atom is 0.307 e. The Morgan fingerprint density at radius 2 is 2.08 bits per heavy atom. The van der Waals surface area contributed by atoms with Crippen molar-refractivity contribution >= 4 is 17.2 Å². The predicted molar refractivity (Wildman–Crippen MR) is 99.5 cm³/mol. The predicted octanol–water partition coefficient (Wildman–Crippen LogP) is 1.87. The second-order valence-electron chi connectivity index (χ2n) is 5.90. The minimum absolute atomic E-state index is 0.0226. The summed E-state index contributed by atoms with van der Waals surface area (Å²) in [5.41, 5.74) is 1.65. The molecule has 8 heteroatoms. The molecule has 1 atom stereocenters. The van der Waals surface area contributed by atoms with Gasteiger partial charge in [-0.25, -0.2) is 4.98 Å². The van der Waals surface area contributed by atoms with Gasteiger partial charge in [-0.1, -0.05) is 23.5 Å². The first kappa shape index (κ1) is 17.9. The Bertz CT molecular complexity index is 955. The Kier molecular flexibility index (Phi) is 5.22. The number of aryl methyl sites for hydroxylation is 2. The number of hydrogen-bond donors (Lipinski definition) is 1. The number of carbonyl (C=O) groups is 1. The van der Waals surface area contributed by atoms with Crippen LogP contribution in [-0.4, -0.2) is 27.1 Å². The van der Waals surface area contributed by atoms with Gasteiger partial charge in [-0.05, 0) is 24.6 Å². The van der Waals surface area contributed by atoms with Crippen molar-refractivity contribution in [3.63, 3.8) is 0 Å². The number of imidazole rings is 1. The molecule has 0 fully saturated rings. The Balaban J connectivity index is 1.87. The third kappa shape index (κ3) is 3.70. The van der Waals surface area contributed by atoms with Crippen LogP contribution in [0.25, 0.3) is 0 Å². The molecule has 0 saturated carbocycles. The fourth-order valence-electron chi connectivity index (χ4n) is 2.70. The lowest BCUT2D eigenvalue weighted by Gasteiger charge is -2.20. The number of nitrogens with zero attached hydrogens (tertiary/aromatic N) is 3. The van der Waals surface area contributed by atoms with Gasteiger partial charge in [0.2, 0.25) is 5.91 Å². The van der Waals surface area contributed by atoms with E-state index in [1.807, 2.05) is 49.0 Å². The van der Waals surface area contributed by atoms with Crippen LogP contribution < -0.4 is 14.9 Å². The van der Waals surface area contributed by atoms with Crippen molar-refractivity contribution in [1.82, 2.24) is 19.4 Å². The molecule has 2 heterocycles. The highest BCUT2D eigenvalue weighted by Crippen LogP contribution is 2.23. The second-order valence-corrected chi connectivity index (χ2v) is 6.72. The average molecular weight is 372 g/mol. The van der Waals surface area contributed by atoms with E-state index in [4.69, 9.17) is 4.74 Å². The zero-order chi connectivity index (χ0) is 18.7. The minimum Gasteiger partial charge on any atom is -0.497 e. The number of carbonyl (C=O) groups excluding carboxylic acids is 1. The van der Waals surface area contributed by atoms with Gasteiger partial charge in [-0.15, -0.1) is 0 Å². The molecule has 0 bridgehead atoms. The number of methoxy groups -OCH3 is 1. The molecule has 0 aliphatic heterocycles. The van der Waals surface area contributed by atoms with Crippen LogP contribution >= 0.6 is 11.3 Å². The molecule has 0 radical (unpaired) electrons. The van der Waals surface area contributed by atoms with Crippen molar-refractivity contribution in [2.45, 2.75) is 19.5 Å². The number of aromatic nitrogens is 3. The first-order valence-corrected chi connectivity index (χ1v) is 8.93. The Labute approximate surface area is 154 Å². The van der Waals surface area contributed by atoms with E-state index in [9.17, 15) is 9.59 Å². The molecule has 136 valence electrons. The van der Waals surface area contributed by atoms with Crippen molar-refractivity contribution < 1.29 is 9.53 Å². The summed E-state index contributed by atoms with van der Waals surface area (Å²) in [7, 11) is 3.48. The normalized spacial score (nSPS) is 12.0. The number of thiazole rings is 1. The molecule has 0 saturated heterocycles. The fourth-order valence-corrected chi connectivity index (χ4v) is 3.43. The van der Waals surface area contributed by atoms with Crippen LogP contribution in [0, 0.1) is 6.92 Å². The van der Waals surface area contributed by atoms with Crippen LogP contribution in [0.2, 0.25) is 0 Å². The van der Waals surface area contributed by atoms with Crippen LogP contribution in [0.15, 0.2) is 46.8 Å². The quantitative estimate of drug-likeness (QED) is 0.716. The number of hydrogen-bond acceptors (Lipinski definition) is 5. The van der Waals surface area contributed by atoms with Crippen molar-refractivity contribution in [2.75, 3.05) is 7.11 Å². The third-order valence-corrected chi connectivity index (χ3v) is 5.03. The Morgan fingerprint density at radius 1 is 1.35 bits per heavy atom. The molecular weight excluding hydrogens is 352 g/mol. The number of nitrogens with one attached hydrogen (secondary N) is 1. The number of rotatable bonds is 6. The van der Waals surface area contributed by atoms with E-state index in [2.05, 4.69) is 10.3 Å². The lowest BCUT2D eigenvalue weighted by molar-refractivity contribution is -0.122. The van der Waals surface area contributed by atoms with E-state index in [1.54, 1.807) is 18.7 Å². The molecule has 0 aliphatic carbocycles. The summed E-state index contributed by atoms with van der Waals surface area (Å²) in [6.45, 7) is 1.79. The van der Waals surface area contributed by atoms with E-state index >= 15 is 0 Å². The molecule has 1 amide bonds. The van der Waals surface area contributed by atoms with Gasteiger partial charge < -0.3 is 14.6 Å². The van der Waals surface area contributed by atoms with Crippen molar-refractivity contribution in [3.8, 4) is 5.75 Å². The standard InChI is InChI=1S/C18H20N4O3S/c1-12-11-26-18(24)22(12)10-15(23)20-16(17-19-8-9-21(17)2)13-4-6-14(25-3)7-5-13/h4-9,11,16H,10H2,1-3H3,(H,20,23). The second kappa shape index (κ2) is 7.57. The lowest BCUT2D eigenvalue weighted by Crippen LogP contribution is -2.35. The van der Waals surface area contributed by atoms with Gasteiger partial charge in [0, 0.05) is 30.5 Å². The molecular formula is C18H20N4O3S. The van der Waals surface area contributed by atoms with Crippen molar-refractivity contribution in [3.05, 3.63) is 68.8 Å². The molecule has 1 aromatic carbocycles. The van der Waals surface area contributed by atoms with Crippen LogP contribution in [0.1, 0.15) is 23.1 Å². The van der Waals surface area contributed by atoms with E-state index in [-0.39, 0.29) is 17.3 Å². The van der Waals surface area contributed by atoms with Crippen LogP contribution in [0.4, 0.5) is 0 Å². The van der Waals surface area contributed by atoms with Crippen LogP contribution in [-0.2, 0) is 18.4 Å². The van der Waals surface area contributed by atoms with Crippen molar-refractivity contribution in [2.24, 2.45) is 7.05 Å². The molecule has 26 heavy (non-hydrogen) atoms. The first-order chi connectivity index (χ1) is 12.5. The smallest absolute Gasteiger partial charge is 0.307 e. The van der Waals surface area contributed by atoms with E-state index < -0.39 is 6.04 Å². The van der Waals surface area contributed by atoms with Gasteiger partial charge in [0.15, 0.2) is 0 Å². The van der Waals surface area contributed by atoms with E-state index in [1.165, 1.54) is 4.57 Å². The molecule has 0 spiro atoms. The highest BCUT2D eigenvalue weighted by molar-refractivity contribution is 7.07. The summed E-state index contributed by atoms with van der Waals surface area (Å²) in [6.07, 6.45) is 3.51. The molecule has 3 rings (SSSR count). The maximum atomic E-state index is 12.6. The Morgan fingerprint density at radius 3 is 2.62 bits per heavy atom. The summed E-state index contributed by atoms with van der Waals surface area (Å²) >= 11 is 1.09. The molecule has 3 aromatic rings. The molecule has 1 unspecified atom stereocenters. The fraction of sp³-hybridized carbons (Fsp3) is 0.278. The molecule has 1 N–H and O–H groups in total. The number of amides is 1. The van der Waals surface area contributed by atoms with Crippen LogP contribution in [0.3, 0.4) is 0 Å². The lowest BCUT2D eigenvalue weighted by atomic mass is 10.1. The minimum atomic E-state index is -0.428. The van der Waals surface area contributed by atoms with Gasteiger partial charge in [0.05, 0.1) is 7.11 Å². The summed E-state index contributed by atoms with van der Waals surface area (Å²) in [5, 5.41) is 4.73. The zero-order valence-electron chi connectivity index (χ0n) is 14.8. The van der Waals surface area contributed by atoms with Crippen LogP contribution in [0.5, 0.6) is 5.75 Å². The zero-order valence-corrected chi connectivity index (χ0v) is 15.6. The number of ether oxygens (including phenoxy) is 1. The van der Waals surface area contributed by atoms with Crippen molar-refractivity contribution in [1.29, 1.82) is 0 Å². The first-order valence-electron chi connectivity index (χ1n) is 8.05. The van der Waals surface area contributed by atoms with Gasteiger partial charge in [-0.3, -0.25) is 14.2 Å². The van der Waals surface area contributed by atoms with Gasteiger partial charge in [0.1, 0.15) is 24.2 Å². The summed E-state index contributed by atoms with van der Waals surface area (Å²) in [5.74, 6) is 1.19. The monoisotopic (exact) mass is 372 g/mol. The highest BCUT2D eigenvalue weighted by Gasteiger charge is 2.21. The molecule has 7 nitrogen and oxygen atoms in total. The molecule has 2 aromatic heterocycles. The maximum absolute atomic E-state index is 12.6. The van der Waals surface area contributed by atoms with E-state index in [0.717, 1.165) is 28.3 Å². The largest absolute Gasteiger partial charge is 0.497 e. The van der Waals surface area contributed by atoms with Gasteiger partial charge in [0.25, 0.3) is 0 Å². The average Bonchev–Trinajstić information content (AvgIpc) is 3.20. The van der Waals surface area contributed by atoms with Gasteiger partial charge >= 0.3 is 4.87 Å².